The maximum Gasteiger partial charge on any atom is 0.170 e. The van der Waals surface area contributed by atoms with Crippen LogP contribution in [0.3, 0.4) is 0 Å². The fourth-order valence-corrected chi connectivity index (χ4v) is 1.20. The molecule has 1 heterocycles. The van der Waals surface area contributed by atoms with Crippen molar-refractivity contribution in [2.75, 3.05) is 7.11 Å². The first-order valence-electron chi connectivity index (χ1n) is 4.09. The van der Waals surface area contributed by atoms with E-state index in [-0.39, 0.29) is 5.75 Å². The summed E-state index contributed by atoms with van der Waals surface area (Å²) in [5, 5.41) is 13.2. The van der Waals surface area contributed by atoms with E-state index < -0.39 is 0 Å². The maximum absolute atomic E-state index is 9.63. The number of aromatic nitrogens is 1. The van der Waals surface area contributed by atoms with Crippen molar-refractivity contribution < 1.29 is 14.4 Å². The highest BCUT2D eigenvalue weighted by molar-refractivity contribution is 5.66. The number of methoxy groups -OCH3 is 1. The van der Waals surface area contributed by atoms with E-state index in [1.807, 2.05) is 0 Å². The van der Waals surface area contributed by atoms with Crippen LogP contribution in [0.4, 0.5) is 0 Å². The van der Waals surface area contributed by atoms with Crippen LogP contribution in [0, 0.1) is 0 Å². The van der Waals surface area contributed by atoms with Crippen molar-refractivity contribution in [3.63, 3.8) is 0 Å². The molecular weight excluding hydrogens is 182 g/mol. The van der Waals surface area contributed by atoms with Crippen LogP contribution in [0.1, 0.15) is 0 Å². The minimum atomic E-state index is 0.112. The molecule has 0 atom stereocenters. The number of aromatic hydroxyl groups is 1. The van der Waals surface area contributed by atoms with Crippen LogP contribution < -0.4 is 4.74 Å². The molecule has 0 amide bonds. The highest BCUT2D eigenvalue weighted by Gasteiger charge is 2.08. The zero-order valence-corrected chi connectivity index (χ0v) is 7.60. The first-order valence-corrected chi connectivity index (χ1v) is 4.09. The third-order valence-electron chi connectivity index (χ3n) is 1.91. The van der Waals surface area contributed by atoms with Crippen LogP contribution in [0.5, 0.6) is 11.5 Å². The Morgan fingerprint density at radius 3 is 2.79 bits per heavy atom. The predicted octanol–water partition coefficient (Wildman–Crippen LogP) is 2.06. The molecule has 0 saturated heterocycles. The lowest BCUT2D eigenvalue weighted by Crippen LogP contribution is -1.83. The Morgan fingerprint density at radius 1 is 1.36 bits per heavy atom. The van der Waals surface area contributed by atoms with Crippen LogP contribution in [-0.4, -0.2) is 17.4 Å². The molecule has 0 spiro atoms. The number of ether oxygens (including phenoxy) is 1. The highest BCUT2D eigenvalue weighted by Crippen LogP contribution is 2.31. The third kappa shape index (κ3) is 1.42. The molecule has 0 aliphatic heterocycles. The fraction of sp³-hybridized carbons (Fsp3) is 0.100. The number of hydrogen-bond acceptors (Lipinski definition) is 4. The third-order valence-corrected chi connectivity index (χ3v) is 1.91. The molecular formula is C10H9NO3. The lowest BCUT2D eigenvalue weighted by molar-refractivity contribution is 0.405. The molecule has 0 aliphatic carbocycles. The van der Waals surface area contributed by atoms with E-state index in [2.05, 4.69) is 5.16 Å². The van der Waals surface area contributed by atoms with Gasteiger partial charge >= 0.3 is 0 Å². The molecule has 0 unspecified atom stereocenters. The average molecular weight is 191 g/mol. The zero-order valence-electron chi connectivity index (χ0n) is 7.60. The largest absolute Gasteiger partial charge is 0.507 e. The van der Waals surface area contributed by atoms with Crippen molar-refractivity contribution in [1.82, 2.24) is 5.16 Å². The smallest absolute Gasteiger partial charge is 0.170 e. The summed E-state index contributed by atoms with van der Waals surface area (Å²) in [6, 6.07) is 6.67. The van der Waals surface area contributed by atoms with Crippen LogP contribution in [-0.2, 0) is 0 Å². The van der Waals surface area contributed by atoms with Crippen molar-refractivity contribution in [1.29, 1.82) is 0 Å². The molecule has 0 aliphatic rings. The summed E-state index contributed by atoms with van der Waals surface area (Å²) < 4.78 is 9.88. The predicted molar refractivity (Wildman–Crippen MR) is 50.2 cm³/mol. The van der Waals surface area contributed by atoms with Crippen LogP contribution in [0.2, 0.25) is 0 Å². The van der Waals surface area contributed by atoms with E-state index in [9.17, 15) is 5.11 Å². The summed E-state index contributed by atoms with van der Waals surface area (Å²) in [6.07, 6.45) is 1.53. The normalized spacial score (nSPS) is 10.1. The molecule has 1 aromatic carbocycles. The van der Waals surface area contributed by atoms with Gasteiger partial charge in [-0.2, -0.15) is 0 Å². The van der Waals surface area contributed by atoms with Crippen molar-refractivity contribution in [3.05, 3.63) is 30.5 Å². The number of nitrogens with zero attached hydrogens (tertiary/aromatic N) is 1. The Hall–Kier alpha value is -1.97. The van der Waals surface area contributed by atoms with Crippen molar-refractivity contribution in [2.45, 2.75) is 0 Å². The Balaban J connectivity index is 2.46. The molecule has 14 heavy (non-hydrogen) atoms. The number of benzene rings is 1. The molecule has 0 fully saturated rings. The summed E-state index contributed by atoms with van der Waals surface area (Å²) in [6.45, 7) is 0. The number of rotatable bonds is 2. The van der Waals surface area contributed by atoms with Gasteiger partial charge in [-0.3, -0.25) is 0 Å². The summed E-state index contributed by atoms with van der Waals surface area (Å²) in [5.41, 5.74) is 0.600. The minimum absolute atomic E-state index is 0.112. The Morgan fingerprint density at radius 2 is 2.21 bits per heavy atom. The molecule has 0 saturated carbocycles. The Bertz CT molecular complexity index is 423. The van der Waals surface area contributed by atoms with Gasteiger partial charge in [0.05, 0.1) is 18.9 Å². The van der Waals surface area contributed by atoms with E-state index in [0.29, 0.717) is 17.1 Å². The first-order chi connectivity index (χ1) is 6.81. The highest BCUT2D eigenvalue weighted by atomic mass is 16.5. The second-order valence-electron chi connectivity index (χ2n) is 2.76. The first kappa shape index (κ1) is 8.62. The summed E-state index contributed by atoms with van der Waals surface area (Å²) in [5.74, 6) is 1.25. The van der Waals surface area contributed by atoms with Gasteiger partial charge in [0.1, 0.15) is 11.5 Å². The van der Waals surface area contributed by atoms with E-state index >= 15 is 0 Å². The van der Waals surface area contributed by atoms with Crippen LogP contribution >= 0.6 is 0 Å². The van der Waals surface area contributed by atoms with Gasteiger partial charge in [0.15, 0.2) is 5.76 Å². The number of phenols is 1. The standard InChI is InChI=1S/C10H9NO3/c1-13-7-2-3-8(9(12)6-7)10-4-5-11-14-10/h2-6,12H,1H3. The van der Waals surface area contributed by atoms with Gasteiger partial charge in [0.2, 0.25) is 0 Å². The van der Waals surface area contributed by atoms with Crippen molar-refractivity contribution in [2.24, 2.45) is 0 Å². The average Bonchev–Trinajstić information content (AvgIpc) is 2.70. The summed E-state index contributed by atoms with van der Waals surface area (Å²) in [4.78, 5) is 0. The molecule has 2 rings (SSSR count). The van der Waals surface area contributed by atoms with Crippen molar-refractivity contribution in [3.8, 4) is 22.8 Å². The molecule has 1 aromatic heterocycles. The SMILES string of the molecule is COc1ccc(-c2ccno2)c(O)c1. The number of phenolic OH excluding ortho intramolecular Hbond substituents is 1. The molecule has 1 N–H and O–H groups in total. The lowest BCUT2D eigenvalue weighted by atomic mass is 10.1. The van der Waals surface area contributed by atoms with E-state index in [0.717, 1.165) is 0 Å². The molecule has 0 bridgehead atoms. The fourth-order valence-electron chi connectivity index (χ4n) is 1.20. The second kappa shape index (κ2) is 3.41. The quantitative estimate of drug-likeness (QED) is 0.789. The van der Waals surface area contributed by atoms with Crippen LogP contribution in [0.15, 0.2) is 35.0 Å². The Labute approximate surface area is 80.7 Å². The Kier molecular flexibility index (Phi) is 2.10. The molecule has 4 heteroatoms. The minimum Gasteiger partial charge on any atom is -0.507 e. The monoisotopic (exact) mass is 191 g/mol. The van der Waals surface area contributed by atoms with Gasteiger partial charge in [0.25, 0.3) is 0 Å². The molecule has 2 aromatic rings. The van der Waals surface area contributed by atoms with Gasteiger partial charge in [-0.15, -0.1) is 0 Å². The lowest BCUT2D eigenvalue weighted by Gasteiger charge is -2.03. The summed E-state index contributed by atoms with van der Waals surface area (Å²) in [7, 11) is 1.54. The van der Waals surface area contributed by atoms with Gasteiger partial charge < -0.3 is 14.4 Å². The molecule has 0 radical (unpaired) electrons. The van der Waals surface area contributed by atoms with E-state index in [1.165, 1.54) is 12.3 Å². The molecule has 4 nitrogen and oxygen atoms in total. The zero-order chi connectivity index (χ0) is 9.97. The van der Waals surface area contributed by atoms with Gasteiger partial charge in [-0.1, -0.05) is 5.16 Å². The van der Waals surface area contributed by atoms with E-state index in [4.69, 9.17) is 9.26 Å². The topological polar surface area (TPSA) is 55.5 Å². The number of hydrogen-bond donors (Lipinski definition) is 1. The van der Waals surface area contributed by atoms with E-state index in [1.54, 1.807) is 25.3 Å². The van der Waals surface area contributed by atoms with Gasteiger partial charge in [0, 0.05) is 12.1 Å². The van der Waals surface area contributed by atoms with Crippen molar-refractivity contribution >= 4 is 0 Å². The van der Waals surface area contributed by atoms with Gasteiger partial charge in [-0.05, 0) is 12.1 Å². The van der Waals surface area contributed by atoms with Crippen LogP contribution in [0.25, 0.3) is 11.3 Å². The summed E-state index contributed by atoms with van der Waals surface area (Å²) >= 11 is 0. The maximum atomic E-state index is 9.63. The molecule has 72 valence electrons. The van der Waals surface area contributed by atoms with Gasteiger partial charge in [-0.25, -0.2) is 0 Å². The second-order valence-corrected chi connectivity index (χ2v) is 2.76.